The molecule has 2 N–H and O–H groups in total. The first-order valence-electron chi connectivity index (χ1n) is 7.91. The molecular weight excluding hydrogens is 381 g/mol. The molecule has 25 heavy (non-hydrogen) atoms. The molecule has 1 aliphatic heterocycles. The molecule has 0 aliphatic carbocycles. The molecule has 1 amide bonds. The van der Waals surface area contributed by atoms with E-state index in [1.54, 1.807) is 0 Å². The molecule has 1 aliphatic rings. The summed E-state index contributed by atoms with van der Waals surface area (Å²) in [6.45, 7) is 3.99. The van der Waals surface area contributed by atoms with Crippen LogP contribution in [-0.4, -0.2) is 41.5 Å². The van der Waals surface area contributed by atoms with Crippen LogP contribution in [0.15, 0.2) is 29.6 Å². The molecule has 2 heterocycles. The van der Waals surface area contributed by atoms with E-state index in [2.05, 4.69) is 4.98 Å². The number of aromatic nitrogens is 1. The zero-order chi connectivity index (χ0) is 16.2. The van der Waals surface area contributed by atoms with Crippen LogP contribution in [0.5, 0.6) is 5.75 Å². The fraction of sp³-hybridized carbons (Fsp3) is 0.412. The van der Waals surface area contributed by atoms with Crippen LogP contribution in [0.4, 0.5) is 0 Å². The number of amides is 1. The molecule has 0 saturated carbocycles. The normalized spacial score (nSPS) is 16.6. The highest BCUT2D eigenvalue weighted by molar-refractivity contribution is 7.13. The minimum atomic E-state index is -0.0198. The second-order valence-electron chi connectivity index (χ2n) is 5.65. The lowest BCUT2D eigenvalue weighted by molar-refractivity contribution is 0.0704. The first kappa shape index (κ1) is 21.7. The number of piperidine rings is 1. The van der Waals surface area contributed by atoms with Crippen molar-refractivity contribution in [2.45, 2.75) is 25.8 Å². The van der Waals surface area contributed by atoms with Crippen LogP contribution in [0.3, 0.4) is 0 Å². The molecule has 0 spiro atoms. The molecule has 8 heteroatoms. The van der Waals surface area contributed by atoms with Gasteiger partial charge in [0.2, 0.25) is 0 Å². The summed E-state index contributed by atoms with van der Waals surface area (Å²) in [4.78, 5) is 18.8. The van der Waals surface area contributed by atoms with E-state index in [9.17, 15) is 4.79 Å². The van der Waals surface area contributed by atoms with Crippen LogP contribution in [0.25, 0.3) is 10.6 Å². The van der Waals surface area contributed by atoms with E-state index in [0.717, 1.165) is 35.7 Å². The summed E-state index contributed by atoms with van der Waals surface area (Å²) in [6, 6.07) is 7.86. The molecule has 0 bridgehead atoms. The van der Waals surface area contributed by atoms with Crippen molar-refractivity contribution in [1.29, 1.82) is 0 Å². The Morgan fingerprint density at radius 2 is 2.08 bits per heavy atom. The number of carbonyl (C=O) groups is 1. The maximum Gasteiger partial charge on any atom is 0.273 e. The van der Waals surface area contributed by atoms with Gasteiger partial charge in [0.15, 0.2) is 0 Å². The number of carbonyl (C=O) groups excluding carboxylic acids is 1. The largest absolute Gasteiger partial charge is 0.494 e. The Morgan fingerprint density at radius 1 is 1.36 bits per heavy atom. The predicted octanol–water partition coefficient (Wildman–Crippen LogP) is 3.62. The number of hydrogen-bond donors (Lipinski definition) is 1. The van der Waals surface area contributed by atoms with Crippen molar-refractivity contribution in [1.82, 2.24) is 9.88 Å². The van der Waals surface area contributed by atoms with Gasteiger partial charge >= 0.3 is 0 Å². The lowest BCUT2D eigenvalue weighted by atomic mass is 10.1. The van der Waals surface area contributed by atoms with Crippen LogP contribution in [-0.2, 0) is 0 Å². The highest BCUT2D eigenvalue weighted by Gasteiger charge is 2.24. The van der Waals surface area contributed by atoms with Crippen molar-refractivity contribution >= 4 is 42.1 Å². The number of thiazole rings is 1. The summed E-state index contributed by atoms with van der Waals surface area (Å²) < 4.78 is 5.44. The third-order valence-corrected chi connectivity index (χ3v) is 4.77. The highest BCUT2D eigenvalue weighted by Crippen LogP contribution is 2.26. The number of ether oxygens (including phenoxy) is 1. The topological polar surface area (TPSA) is 68.5 Å². The Balaban J connectivity index is 0.00000156. The van der Waals surface area contributed by atoms with E-state index < -0.39 is 0 Å². The van der Waals surface area contributed by atoms with Gasteiger partial charge in [0.1, 0.15) is 16.5 Å². The minimum absolute atomic E-state index is 0. The number of nitrogens with two attached hydrogens (primary N) is 1. The van der Waals surface area contributed by atoms with Gasteiger partial charge in [-0.25, -0.2) is 4.98 Å². The fourth-order valence-electron chi connectivity index (χ4n) is 2.72. The number of hydrogen-bond acceptors (Lipinski definition) is 5. The smallest absolute Gasteiger partial charge is 0.273 e. The molecule has 1 unspecified atom stereocenters. The molecule has 2 aromatic rings. The molecule has 138 valence electrons. The standard InChI is InChI=1S/C17H21N3O2S.2ClH/c1-2-22-14-7-5-12(6-8-14)16-19-15(11-23-16)17(21)20-9-3-4-13(18)10-20;;/h5-8,11,13H,2-4,9-10,18H2,1H3;2*1H. The van der Waals surface area contributed by atoms with Gasteiger partial charge in [0.05, 0.1) is 6.61 Å². The average Bonchev–Trinajstić information content (AvgIpc) is 3.05. The van der Waals surface area contributed by atoms with Gasteiger partial charge in [0.25, 0.3) is 5.91 Å². The molecule has 1 saturated heterocycles. The monoisotopic (exact) mass is 403 g/mol. The van der Waals surface area contributed by atoms with E-state index >= 15 is 0 Å². The summed E-state index contributed by atoms with van der Waals surface area (Å²) in [7, 11) is 0. The third-order valence-electron chi connectivity index (χ3n) is 3.88. The second kappa shape index (κ2) is 9.97. The number of likely N-dealkylation sites (tertiary alicyclic amines) is 1. The van der Waals surface area contributed by atoms with E-state index in [1.165, 1.54) is 11.3 Å². The minimum Gasteiger partial charge on any atom is -0.494 e. The Labute approximate surface area is 164 Å². The Bertz CT molecular complexity index is 679. The summed E-state index contributed by atoms with van der Waals surface area (Å²) in [5, 5.41) is 2.67. The zero-order valence-electron chi connectivity index (χ0n) is 14.0. The van der Waals surface area contributed by atoms with Crippen LogP contribution in [0.1, 0.15) is 30.3 Å². The van der Waals surface area contributed by atoms with Gasteiger partial charge in [-0.15, -0.1) is 36.2 Å². The van der Waals surface area contributed by atoms with Gasteiger partial charge in [-0.3, -0.25) is 4.79 Å². The van der Waals surface area contributed by atoms with Crippen LogP contribution in [0.2, 0.25) is 0 Å². The maximum absolute atomic E-state index is 12.5. The van der Waals surface area contributed by atoms with Crippen molar-refractivity contribution in [3.63, 3.8) is 0 Å². The van der Waals surface area contributed by atoms with Crippen molar-refractivity contribution < 1.29 is 9.53 Å². The molecule has 1 fully saturated rings. The molecule has 5 nitrogen and oxygen atoms in total. The van der Waals surface area contributed by atoms with Crippen LogP contribution < -0.4 is 10.5 Å². The van der Waals surface area contributed by atoms with E-state index in [1.807, 2.05) is 41.5 Å². The summed E-state index contributed by atoms with van der Waals surface area (Å²) >= 11 is 1.48. The Hall–Kier alpha value is -1.34. The van der Waals surface area contributed by atoms with Gasteiger partial charge in [-0.1, -0.05) is 0 Å². The average molecular weight is 404 g/mol. The lowest BCUT2D eigenvalue weighted by Gasteiger charge is -2.30. The van der Waals surface area contributed by atoms with E-state index in [0.29, 0.717) is 18.8 Å². The van der Waals surface area contributed by atoms with Crippen LogP contribution >= 0.6 is 36.2 Å². The summed E-state index contributed by atoms with van der Waals surface area (Å²) in [6.07, 6.45) is 1.95. The first-order chi connectivity index (χ1) is 11.2. The fourth-order valence-corrected chi connectivity index (χ4v) is 3.52. The molecular formula is C17H23Cl2N3O2S. The molecule has 1 aromatic heterocycles. The van der Waals surface area contributed by atoms with Crippen molar-refractivity contribution in [2.24, 2.45) is 5.73 Å². The number of halogens is 2. The van der Waals surface area contributed by atoms with Crippen molar-refractivity contribution in [3.8, 4) is 16.3 Å². The molecule has 0 radical (unpaired) electrons. The van der Waals surface area contributed by atoms with Gasteiger partial charge in [-0.2, -0.15) is 0 Å². The van der Waals surface area contributed by atoms with Gasteiger partial charge in [0, 0.05) is 30.1 Å². The van der Waals surface area contributed by atoms with E-state index in [4.69, 9.17) is 10.5 Å². The number of benzene rings is 1. The summed E-state index contributed by atoms with van der Waals surface area (Å²) in [5.41, 5.74) is 7.45. The maximum atomic E-state index is 12.5. The highest BCUT2D eigenvalue weighted by atomic mass is 35.5. The molecule has 1 aromatic carbocycles. The predicted molar refractivity (Wildman–Crippen MR) is 106 cm³/mol. The second-order valence-corrected chi connectivity index (χ2v) is 6.51. The number of rotatable bonds is 4. The Morgan fingerprint density at radius 3 is 2.72 bits per heavy atom. The summed E-state index contributed by atoms with van der Waals surface area (Å²) in [5.74, 6) is 0.819. The first-order valence-corrected chi connectivity index (χ1v) is 8.79. The third kappa shape index (κ3) is 5.31. The quantitative estimate of drug-likeness (QED) is 0.845. The zero-order valence-corrected chi connectivity index (χ0v) is 16.5. The van der Waals surface area contributed by atoms with Gasteiger partial charge < -0.3 is 15.4 Å². The molecule has 3 rings (SSSR count). The Kier molecular flexibility index (Phi) is 8.65. The SMILES string of the molecule is CCOc1ccc(-c2nc(C(=O)N3CCCC(N)C3)cs2)cc1.Cl.Cl. The van der Waals surface area contributed by atoms with Crippen molar-refractivity contribution in [2.75, 3.05) is 19.7 Å². The van der Waals surface area contributed by atoms with Gasteiger partial charge in [-0.05, 0) is 44.0 Å². The lowest BCUT2D eigenvalue weighted by Crippen LogP contribution is -2.45. The number of nitrogens with zero attached hydrogens (tertiary/aromatic N) is 2. The van der Waals surface area contributed by atoms with Crippen LogP contribution in [0, 0.1) is 0 Å². The van der Waals surface area contributed by atoms with Crippen molar-refractivity contribution in [3.05, 3.63) is 35.3 Å². The van der Waals surface area contributed by atoms with E-state index in [-0.39, 0.29) is 36.8 Å². The molecule has 1 atom stereocenters.